The van der Waals surface area contributed by atoms with Crippen molar-refractivity contribution < 1.29 is 9.53 Å². The summed E-state index contributed by atoms with van der Waals surface area (Å²) in [5.41, 5.74) is 2.03. The largest absolute Gasteiger partial charge is 0.487 e. The molecule has 0 saturated carbocycles. The van der Waals surface area contributed by atoms with Gasteiger partial charge in [0.1, 0.15) is 17.2 Å². The summed E-state index contributed by atoms with van der Waals surface area (Å²) < 4.78 is 8.58. The minimum absolute atomic E-state index is 0.00157. The first-order valence-corrected chi connectivity index (χ1v) is 12.8. The third kappa shape index (κ3) is 4.98. The Labute approximate surface area is 204 Å². The molecule has 5 rings (SSSR count). The van der Waals surface area contributed by atoms with Gasteiger partial charge < -0.3 is 19.5 Å². The molecule has 34 heavy (non-hydrogen) atoms. The van der Waals surface area contributed by atoms with Crippen molar-refractivity contribution in [3.05, 3.63) is 71.5 Å². The van der Waals surface area contributed by atoms with E-state index >= 15 is 0 Å². The maximum Gasteiger partial charge on any atom is 0.230 e. The average Bonchev–Trinajstić information content (AvgIpc) is 3.19. The molecule has 1 saturated heterocycles. The zero-order valence-electron chi connectivity index (χ0n) is 19.7. The van der Waals surface area contributed by atoms with Gasteiger partial charge in [-0.05, 0) is 38.4 Å². The number of thioether (sulfide) groups is 1. The van der Waals surface area contributed by atoms with Crippen molar-refractivity contribution in [3.63, 3.8) is 0 Å². The summed E-state index contributed by atoms with van der Waals surface area (Å²) in [4.78, 5) is 15.4. The zero-order chi connectivity index (χ0) is 23.5. The molecule has 3 aromatic rings. The van der Waals surface area contributed by atoms with Crippen LogP contribution < -0.4 is 10.1 Å². The van der Waals surface area contributed by atoms with Crippen LogP contribution in [-0.4, -0.2) is 57.1 Å². The molecule has 1 atom stereocenters. The van der Waals surface area contributed by atoms with Crippen LogP contribution in [0.2, 0.25) is 0 Å². The Kier molecular flexibility index (Phi) is 6.61. The van der Waals surface area contributed by atoms with E-state index in [0.29, 0.717) is 12.3 Å². The molecule has 1 fully saturated rings. The van der Waals surface area contributed by atoms with Crippen LogP contribution in [0.15, 0.2) is 59.8 Å². The van der Waals surface area contributed by atoms with Crippen LogP contribution in [0.1, 0.15) is 42.3 Å². The fourth-order valence-corrected chi connectivity index (χ4v) is 5.66. The van der Waals surface area contributed by atoms with E-state index in [2.05, 4.69) is 50.2 Å². The lowest BCUT2D eigenvalue weighted by Gasteiger charge is -2.46. The fourth-order valence-electron chi connectivity index (χ4n) is 4.86. The lowest BCUT2D eigenvalue weighted by atomic mass is 9.80. The first kappa shape index (κ1) is 22.9. The van der Waals surface area contributed by atoms with Crippen molar-refractivity contribution in [3.8, 4) is 5.75 Å². The Bertz CT molecular complexity index is 1140. The van der Waals surface area contributed by atoms with E-state index < -0.39 is 0 Å². The third-order valence-corrected chi connectivity index (χ3v) is 7.81. The number of para-hydroxylation sites is 1. The van der Waals surface area contributed by atoms with Crippen molar-refractivity contribution >= 4 is 17.7 Å². The number of rotatable bonds is 6. The van der Waals surface area contributed by atoms with Gasteiger partial charge >= 0.3 is 0 Å². The molecule has 178 valence electrons. The molecule has 1 amide bonds. The number of aromatic nitrogens is 3. The van der Waals surface area contributed by atoms with E-state index in [1.54, 1.807) is 0 Å². The summed E-state index contributed by atoms with van der Waals surface area (Å²) in [5, 5.41) is 12.6. The van der Waals surface area contributed by atoms with Gasteiger partial charge in [0.25, 0.3) is 0 Å². The van der Waals surface area contributed by atoms with Gasteiger partial charge in [0.15, 0.2) is 5.16 Å². The number of nitrogens with zero attached hydrogens (tertiary/aromatic N) is 4. The monoisotopic (exact) mass is 477 g/mol. The SMILES string of the molecule is Cc1nnc(SCC(=O)N[C@H]2CC3(CCN(C)CC3)Oc3ccccc32)n1Cc1ccccc1. The number of piperidine rings is 1. The standard InChI is InChI=1S/C26H31N5O2S/c1-19-28-29-25(31(19)17-20-8-4-3-5-9-20)34-18-24(32)27-22-16-26(12-14-30(2)15-13-26)33-23-11-7-6-10-21(22)23/h3-11,22H,12-18H2,1-2H3,(H,27,32)/t22-/m0/s1. The fraction of sp³-hybridized carbons (Fsp3) is 0.423. The molecular weight excluding hydrogens is 446 g/mol. The molecule has 0 radical (unpaired) electrons. The number of benzene rings is 2. The van der Waals surface area contributed by atoms with E-state index in [0.717, 1.165) is 54.6 Å². The third-order valence-electron chi connectivity index (χ3n) is 6.85. The van der Waals surface area contributed by atoms with Crippen LogP contribution >= 0.6 is 11.8 Å². The van der Waals surface area contributed by atoms with Gasteiger partial charge in [-0.15, -0.1) is 10.2 Å². The minimum atomic E-state index is -0.209. The molecular formula is C26H31N5O2S. The number of hydrogen-bond donors (Lipinski definition) is 1. The molecule has 2 aliphatic rings. The van der Waals surface area contributed by atoms with E-state index in [4.69, 9.17) is 4.74 Å². The number of likely N-dealkylation sites (tertiary alicyclic amines) is 1. The van der Waals surface area contributed by atoms with E-state index in [1.165, 1.54) is 17.3 Å². The lowest BCUT2D eigenvalue weighted by Crippen LogP contribution is -2.51. The van der Waals surface area contributed by atoms with E-state index in [-0.39, 0.29) is 17.6 Å². The number of ether oxygens (including phenoxy) is 1. The number of carbonyl (C=O) groups excluding carboxylic acids is 1. The number of hydrogen-bond acceptors (Lipinski definition) is 6. The van der Waals surface area contributed by atoms with Crippen molar-refractivity contribution in [2.24, 2.45) is 0 Å². The molecule has 1 spiro atoms. The van der Waals surface area contributed by atoms with Crippen LogP contribution in [0.4, 0.5) is 0 Å². The number of nitrogens with one attached hydrogen (secondary N) is 1. The van der Waals surface area contributed by atoms with Gasteiger partial charge in [-0.1, -0.05) is 60.3 Å². The number of carbonyl (C=O) groups is 1. The molecule has 3 heterocycles. The maximum absolute atomic E-state index is 13.1. The molecule has 0 aliphatic carbocycles. The second-order valence-corrected chi connectivity index (χ2v) is 10.3. The van der Waals surface area contributed by atoms with Gasteiger partial charge in [-0.2, -0.15) is 0 Å². The quantitative estimate of drug-likeness (QED) is 0.544. The van der Waals surface area contributed by atoms with Crippen LogP contribution in [0, 0.1) is 6.92 Å². The summed E-state index contributed by atoms with van der Waals surface area (Å²) in [6, 6.07) is 18.3. The van der Waals surface area contributed by atoms with Crippen LogP contribution in [0.5, 0.6) is 5.75 Å². The average molecular weight is 478 g/mol. The molecule has 2 aliphatic heterocycles. The Morgan fingerprint density at radius 1 is 1.12 bits per heavy atom. The summed E-state index contributed by atoms with van der Waals surface area (Å²) >= 11 is 1.43. The van der Waals surface area contributed by atoms with Crippen LogP contribution in [0.25, 0.3) is 0 Å². The first-order valence-electron chi connectivity index (χ1n) is 11.8. The Morgan fingerprint density at radius 3 is 2.65 bits per heavy atom. The Hall–Kier alpha value is -2.84. The first-order chi connectivity index (χ1) is 16.5. The lowest BCUT2D eigenvalue weighted by molar-refractivity contribution is -0.120. The van der Waals surface area contributed by atoms with Gasteiger partial charge in [0.2, 0.25) is 5.91 Å². The second-order valence-electron chi connectivity index (χ2n) is 9.34. The molecule has 8 heteroatoms. The van der Waals surface area contributed by atoms with Crippen LogP contribution in [0.3, 0.4) is 0 Å². The molecule has 7 nitrogen and oxygen atoms in total. The van der Waals surface area contributed by atoms with E-state index in [1.807, 2.05) is 43.3 Å². The summed E-state index contributed by atoms with van der Waals surface area (Å²) in [7, 11) is 2.15. The normalized spacial score (nSPS) is 19.4. The Morgan fingerprint density at radius 2 is 1.85 bits per heavy atom. The Balaban J connectivity index is 1.26. The molecule has 2 aromatic carbocycles. The van der Waals surface area contributed by atoms with Crippen LogP contribution in [-0.2, 0) is 11.3 Å². The second kappa shape index (κ2) is 9.80. The predicted octanol–water partition coefficient (Wildman–Crippen LogP) is 3.83. The van der Waals surface area contributed by atoms with E-state index in [9.17, 15) is 4.79 Å². The topological polar surface area (TPSA) is 72.3 Å². The maximum atomic E-state index is 13.1. The number of amides is 1. The van der Waals surface area contributed by atoms with Gasteiger partial charge in [-0.25, -0.2) is 0 Å². The highest BCUT2D eigenvalue weighted by atomic mass is 32.2. The molecule has 1 aromatic heterocycles. The zero-order valence-corrected chi connectivity index (χ0v) is 20.6. The summed E-state index contributed by atoms with van der Waals surface area (Å²) in [6.45, 7) is 4.65. The summed E-state index contributed by atoms with van der Waals surface area (Å²) in [6.07, 6.45) is 2.75. The van der Waals surface area contributed by atoms with Crippen molar-refractivity contribution in [2.75, 3.05) is 25.9 Å². The smallest absolute Gasteiger partial charge is 0.230 e. The summed E-state index contributed by atoms with van der Waals surface area (Å²) in [5.74, 6) is 2.04. The highest BCUT2D eigenvalue weighted by molar-refractivity contribution is 7.99. The van der Waals surface area contributed by atoms with Crippen molar-refractivity contribution in [1.82, 2.24) is 25.0 Å². The van der Waals surface area contributed by atoms with Crippen molar-refractivity contribution in [2.45, 2.75) is 49.5 Å². The number of aryl methyl sites for hydroxylation is 1. The minimum Gasteiger partial charge on any atom is -0.487 e. The molecule has 0 unspecified atom stereocenters. The molecule has 1 N–H and O–H groups in total. The van der Waals surface area contributed by atoms with Crippen molar-refractivity contribution in [1.29, 1.82) is 0 Å². The van der Waals surface area contributed by atoms with Gasteiger partial charge in [-0.3, -0.25) is 4.79 Å². The van der Waals surface area contributed by atoms with Gasteiger partial charge in [0.05, 0.1) is 18.3 Å². The van der Waals surface area contributed by atoms with Gasteiger partial charge in [0, 0.05) is 25.1 Å². The number of fused-ring (bicyclic) bond motifs is 1. The highest BCUT2D eigenvalue weighted by Crippen LogP contribution is 2.44. The highest BCUT2D eigenvalue weighted by Gasteiger charge is 2.43. The predicted molar refractivity (Wildman–Crippen MR) is 133 cm³/mol. The molecule has 0 bridgehead atoms.